The second-order valence-corrected chi connectivity index (χ2v) is 7.67. The summed E-state index contributed by atoms with van der Waals surface area (Å²) in [5, 5.41) is 14.1. The third-order valence-corrected chi connectivity index (χ3v) is 6.15. The number of carbonyl (C=O) groups is 1. The summed E-state index contributed by atoms with van der Waals surface area (Å²) in [6.45, 7) is 0.963. The van der Waals surface area contributed by atoms with Gasteiger partial charge in [0.1, 0.15) is 11.9 Å². The molecule has 0 amide bonds. The smallest absolute Gasteiger partial charge is 0.310 e. The van der Waals surface area contributed by atoms with Crippen LogP contribution in [0.4, 0.5) is 0 Å². The zero-order valence-electron chi connectivity index (χ0n) is 14.2. The lowest BCUT2D eigenvalue weighted by Crippen LogP contribution is -2.31. The molecule has 1 saturated heterocycles. The molecule has 0 spiro atoms. The molecule has 3 atom stereocenters. The Morgan fingerprint density at radius 3 is 2.67 bits per heavy atom. The Labute approximate surface area is 143 Å². The van der Waals surface area contributed by atoms with Crippen LogP contribution >= 0.6 is 0 Å². The molecule has 2 aliphatic carbocycles. The van der Waals surface area contributed by atoms with Gasteiger partial charge < -0.3 is 15.2 Å². The average molecular weight is 329 g/mol. The van der Waals surface area contributed by atoms with Gasteiger partial charge in [0.25, 0.3) is 0 Å². The molecule has 1 aromatic rings. The number of piperidine rings is 1. The first-order chi connectivity index (χ1) is 11.7. The SMILES string of the molecule is O=C(Cc1cccc(C2CCCCC2)c1O)OC1C2CCC1NC2. The van der Waals surface area contributed by atoms with Crippen LogP contribution in [0.3, 0.4) is 0 Å². The van der Waals surface area contributed by atoms with E-state index < -0.39 is 0 Å². The van der Waals surface area contributed by atoms with Gasteiger partial charge in [-0.05, 0) is 37.2 Å². The van der Waals surface area contributed by atoms with E-state index in [0.717, 1.165) is 37.8 Å². The van der Waals surface area contributed by atoms with E-state index in [1.807, 2.05) is 18.2 Å². The van der Waals surface area contributed by atoms with Crippen molar-refractivity contribution >= 4 is 5.97 Å². The lowest BCUT2D eigenvalue weighted by Gasteiger charge is -2.23. The summed E-state index contributed by atoms with van der Waals surface area (Å²) in [6.07, 6.45) is 8.48. The lowest BCUT2D eigenvalue weighted by molar-refractivity contribution is -0.149. The normalized spacial score (nSPS) is 29.8. The predicted octanol–water partition coefficient (Wildman–Crippen LogP) is 3.28. The fraction of sp³-hybridized carbons (Fsp3) is 0.650. The van der Waals surface area contributed by atoms with Gasteiger partial charge in [0, 0.05) is 24.1 Å². The number of fused-ring (bicyclic) bond motifs is 2. The topological polar surface area (TPSA) is 58.6 Å². The first-order valence-electron chi connectivity index (χ1n) is 9.46. The number of aromatic hydroxyl groups is 1. The van der Waals surface area contributed by atoms with Crippen LogP contribution < -0.4 is 5.32 Å². The maximum atomic E-state index is 12.4. The average Bonchev–Trinajstić information content (AvgIpc) is 3.17. The van der Waals surface area contributed by atoms with Crippen LogP contribution in [0.1, 0.15) is 62.0 Å². The van der Waals surface area contributed by atoms with E-state index in [1.54, 1.807) is 0 Å². The highest BCUT2D eigenvalue weighted by Crippen LogP contribution is 2.39. The predicted molar refractivity (Wildman–Crippen MR) is 92.0 cm³/mol. The Balaban J connectivity index is 1.43. The minimum Gasteiger partial charge on any atom is -0.507 e. The van der Waals surface area contributed by atoms with Crippen LogP contribution in [0.2, 0.25) is 0 Å². The molecule has 0 radical (unpaired) electrons. The van der Waals surface area contributed by atoms with Crippen molar-refractivity contribution in [3.63, 3.8) is 0 Å². The van der Waals surface area contributed by atoms with Gasteiger partial charge in [-0.25, -0.2) is 0 Å². The molecular formula is C20H27NO3. The molecule has 4 heteroatoms. The van der Waals surface area contributed by atoms with Crippen LogP contribution in [-0.2, 0) is 16.0 Å². The largest absolute Gasteiger partial charge is 0.507 e. The summed E-state index contributed by atoms with van der Waals surface area (Å²) >= 11 is 0. The van der Waals surface area contributed by atoms with E-state index in [1.165, 1.54) is 19.3 Å². The standard InChI is InChI=1S/C20H27NO3/c22-18(24-20-15-9-10-17(20)21-12-15)11-14-7-4-8-16(19(14)23)13-5-2-1-3-6-13/h4,7-8,13,15,17,20-21,23H,1-3,5-6,9-12H2. The van der Waals surface area contributed by atoms with Crippen LogP contribution in [-0.4, -0.2) is 29.8 Å². The Bertz CT molecular complexity index is 589. The van der Waals surface area contributed by atoms with Gasteiger partial charge in [0.15, 0.2) is 0 Å². The maximum absolute atomic E-state index is 12.4. The number of phenolic OH excluding ortho intramolecular Hbond substituents is 1. The van der Waals surface area contributed by atoms with Crippen molar-refractivity contribution in [1.29, 1.82) is 0 Å². The number of carbonyl (C=O) groups excluding carboxylic acids is 1. The van der Waals surface area contributed by atoms with Crippen molar-refractivity contribution in [2.24, 2.45) is 5.92 Å². The number of esters is 1. The summed E-state index contributed by atoms with van der Waals surface area (Å²) in [6, 6.07) is 6.17. The second kappa shape index (κ2) is 6.75. The van der Waals surface area contributed by atoms with Crippen molar-refractivity contribution in [3.8, 4) is 5.75 Å². The van der Waals surface area contributed by atoms with E-state index in [4.69, 9.17) is 4.74 Å². The van der Waals surface area contributed by atoms with Crippen LogP contribution in [0.5, 0.6) is 5.75 Å². The molecule has 1 aromatic carbocycles. The van der Waals surface area contributed by atoms with Crippen LogP contribution in [0, 0.1) is 5.92 Å². The quantitative estimate of drug-likeness (QED) is 0.832. The number of phenols is 1. The third-order valence-electron chi connectivity index (χ3n) is 6.15. The third kappa shape index (κ3) is 3.04. The Kier molecular flexibility index (Phi) is 4.49. The van der Waals surface area contributed by atoms with Gasteiger partial charge in [0.2, 0.25) is 0 Å². The number of hydrogen-bond acceptors (Lipinski definition) is 4. The first-order valence-corrected chi connectivity index (χ1v) is 9.46. The highest BCUT2D eigenvalue weighted by atomic mass is 16.5. The molecule has 0 aromatic heterocycles. The Morgan fingerprint density at radius 1 is 1.17 bits per heavy atom. The second-order valence-electron chi connectivity index (χ2n) is 7.67. The zero-order valence-corrected chi connectivity index (χ0v) is 14.2. The molecule has 1 heterocycles. The monoisotopic (exact) mass is 329 g/mol. The number of benzene rings is 1. The van der Waals surface area contributed by atoms with Crippen molar-refractivity contribution in [2.45, 2.75) is 69.4 Å². The zero-order chi connectivity index (χ0) is 16.5. The molecule has 24 heavy (non-hydrogen) atoms. The fourth-order valence-electron chi connectivity index (χ4n) is 4.81. The molecule has 2 bridgehead atoms. The molecule has 2 N–H and O–H groups in total. The molecule has 4 nitrogen and oxygen atoms in total. The molecule has 3 fully saturated rings. The molecule has 3 unspecified atom stereocenters. The van der Waals surface area contributed by atoms with Crippen molar-refractivity contribution in [3.05, 3.63) is 29.3 Å². The molecule has 130 valence electrons. The van der Waals surface area contributed by atoms with Crippen molar-refractivity contribution < 1.29 is 14.6 Å². The van der Waals surface area contributed by atoms with Crippen LogP contribution in [0.25, 0.3) is 0 Å². The lowest BCUT2D eigenvalue weighted by atomic mass is 9.83. The number of ether oxygens (including phenoxy) is 1. The number of hydrogen-bond donors (Lipinski definition) is 2. The van der Waals surface area contributed by atoms with E-state index in [-0.39, 0.29) is 18.5 Å². The highest BCUT2D eigenvalue weighted by Gasteiger charge is 2.44. The fourth-order valence-corrected chi connectivity index (χ4v) is 4.81. The number of nitrogens with one attached hydrogen (secondary N) is 1. The molecule has 1 aliphatic heterocycles. The Hall–Kier alpha value is -1.55. The summed E-state index contributed by atoms with van der Waals surface area (Å²) in [7, 11) is 0. The van der Waals surface area contributed by atoms with Gasteiger partial charge in [-0.1, -0.05) is 37.5 Å². The summed E-state index contributed by atoms with van der Waals surface area (Å²) in [4.78, 5) is 12.4. The molecule has 4 rings (SSSR count). The minimum atomic E-state index is -0.211. The maximum Gasteiger partial charge on any atom is 0.310 e. The molecule has 3 aliphatic rings. The summed E-state index contributed by atoms with van der Waals surface area (Å²) in [5.41, 5.74) is 1.73. The van der Waals surface area contributed by atoms with E-state index in [2.05, 4.69) is 5.32 Å². The highest BCUT2D eigenvalue weighted by molar-refractivity contribution is 5.74. The van der Waals surface area contributed by atoms with Crippen molar-refractivity contribution in [2.75, 3.05) is 6.54 Å². The van der Waals surface area contributed by atoms with Gasteiger partial charge >= 0.3 is 5.97 Å². The van der Waals surface area contributed by atoms with Gasteiger partial charge in [-0.2, -0.15) is 0 Å². The summed E-state index contributed by atoms with van der Waals surface area (Å²) < 4.78 is 5.73. The van der Waals surface area contributed by atoms with Crippen molar-refractivity contribution in [1.82, 2.24) is 5.32 Å². The van der Waals surface area contributed by atoms with E-state index in [9.17, 15) is 9.90 Å². The summed E-state index contributed by atoms with van der Waals surface area (Å²) in [5.74, 6) is 1.01. The van der Waals surface area contributed by atoms with E-state index >= 15 is 0 Å². The van der Waals surface area contributed by atoms with Gasteiger partial charge in [-0.15, -0.1) is 0 Å². The van der Waals surface area contributed by atoms with Crippen LogP contribution in [0.15, 0.2) is 18.2 Å². The first kappa shape index (κ1) is 15.9. The molecular weight excluding hydrogens is 302 g/mol. The molecule has 2 saturated carbocycles. The van der Waals surface area contributed by atoms with Gasteiger partial charge in [-0.3, -0.25) is 4.79 Å². The van der Waals surface area contributed by atoms with E-state index in [0.29, 0.717) is 29.2 Å². The minimum absolute atomic E-state index is 0.0289. The number of para-hydroxylation sites is 1. The Morgan fingerprint density at radius 2 is 2.00 bits per heavy atom. The van der Waals surface area contributed by atoms with Gasteiger partial charge in [0.05, 0.1) is 6.42 Å². The number of rotatable bonds is 4.